The summed E-state index contributed by atoms with van der Waals surface area (Å²) in [5, 5.41) is 1.27. The molecule has 0 bridgehead atoms. The maximum Gasteiger partial charge on any atom is 0.0712 e. The summed E-state index contributed by atoms with van der Waals surface area (Å²) in [5.41, 5.74) is 11.1. The van der Waals surface area contributed by atoms with Gasteiger partial charge in [-0.2, -0.15) is 0 Å². The number of fused-ring (bicyclic) bond motifs is 1. The summed E-state index contributed by atoms with van der Waals surface area (Å²) in [6, 6.07) is 24.4. The minimum absolute atomic E-state index is 0.593. The minimum atomic E-state index is 0.593. The molecule has 0 atom stereocenters. The fourth-order valence-corrected chi connectivity index (χ4v) is 4.10. The van der Waals surface area contributed by atoms with Gasteiger partial charge in [0, 0.05) is 10.9 Å². The standard InChI is InChI=1S/C28H29N/c1-18(2)12-24-17-28(25-14-20(4)13-21(5)15-25)29-27-11-10-23(16-26(24)27)22-8-6-19(3)7-9-22/h6-11,13-18H,12H2,1-5H3. The molecule has 0 fully saturated rings. The molecule has 3 aromatic carbocycles. The van der Waals surface area contributed by atoms with Crippen molar-refractivity contribution >= 4 is 10.9 Å². The van der Waals surface area contributed by atoms with E-state index in [9.17, 15) is 0 Å². The lowest BCUT2D eigenvalue weighted by atomic mass is 9.94. The quantitative estimate of drug-likeness (QED) is 0.354. The summed E-state index contributed by atoms with van der Waals surface area (Å²) in [6.45, 7) is 11.0. The number of hydrogen-bond acceptors (Lipinski definition) is 1. The topological polar surface area (TPSA) is 12.9 Å². The Kier molecular flexibility index (Phi) is 5.24. The third-order valence-electron chi connectivity index (χ3n) is 5.42. The van der Waals surface area contributed by atoms with Crippen LogP contribution in [0.4, 0.5) is 0 Å². The summed E-state index contributed by atoms with van der Waals surface area (Å²) in [5.74, 6) is 0.593. The second-order valence-electron chi connectivity index (χ2n) is 8.74. The van der Waals surface area contributed by atoms with Crippen molar-refractivity contribution in [1.29, 1.82) is 0 Å². The Hall–Kier alpha value is -2.93. The molecule has 0 aliphatic carbocycles. The summed E-state index contributed by atoms with van der Waals surface area (Å²) in [6.07, 6.45) is 1.05. The number of hydrogen-bond donors (Lipinski definition) is 0. The number of aromatic nitrogens is 1. The summed E-state index contributed by atoms with van der Waals surface area (Å²) < 4.78 is 0. The van der Waals surface area contributed by atoms with E-state index in [0.29, 0.717) is 5.92 Å². The zero-order chi connectivity index (χ0) is 20.5. The van der Waals surface area contributed by atoms with Gasteiger partial charge in [0.15, 0.2) is 0 Å². The summed E-state index contributed by atoms with van der Waals surface area (Å²) in [7, 11) is 0. The molecule has 0 aliphatic heterocycles. The normalized spacial score (nSPS) is 11.4. The molecular formula is C28H29N. The molecule has 1 aromatic heterocycles. The molecule has 0 aliphatic rings. The fraction of sp³-hybridized carbons (Fsp3) is 0.250. The highest BCUT2D eigenvalue weighted by molar-refractivity contribution is 5.89. The molecule has 1 heteroatoms. The zero-order valence-electron chi connectivity index (χ0n) is 18.1. The van der Waals surface area contributed by atoms with E-state index in [2.05, 4.69) is 101 Å². The Labute approximate surface area is 174 Å². The lowest BCUT2D eigenvalue weighted by Gasteiger charge is -2.14. The minimum Gasteiger partial charge on any atom is -0.248 e. The van der Waals surface area contributed by atoms with Gasteiger partial charge in [-0.3, -0.25) is 0 Å². The van der Waals surface area contributed by atoms with Gasteiger partial charge >= 0.3 is 0 Å². The van der Waals surface area contributed by atoms with Crippen LogP contribution in [0.3, 0.4) is 0 Å². The molecule has 4 rings (SSSR count). The van der Waals surface area contributed by atoms with Gasteiger partial charge in [-0.25, -0.2) is 4.98 Å². The first-order chi connectivity index (χ1) is 13.9. The van der Waals surface area contributed by atoms with Crippen molar-refractivity contribution < 1.29 is 0 Å². The highest BCUT2D eigenvalue weighted by Crippen LogP contribution is 2.31. The van der Waals surface area contributed by atoms with Crippen LogP contribution in [0.25, 0.3) is 33.3 Å². The van der Waals surface area contributed by atoms with E-state index in [4.69, 9.17) is 4.98 Å². The van der Waals surface area contributed by atoms with E-state index in [1.54, 1.807) is 0 Å². The van der Waals surface area contributed by atoms with E-state index in [-0.39, 0.29) is 0 Å². The van der Waals surface area contributed by atoms with E-state index < -0.39 is 0 Å². The third-order valence-corrected chi connectivity index (χ3v) is 5.42. The van der Waals surface area contributed by atoms with Gasteiger partial charge in [-0.05, 0) is 80.1 Å². The van der Waals surface area contributed by atoms with Gasteiger partial charge < -0.3 is 0 Å². The van der Waals surface area contributed by atoms with Crippen LogP contribution < -0.4 is 0 Å². The third kappa shape index (κ3) is 4.24. The highest BCUT2D eigenvalue weighted by atomic mass is 14.7. The molecule has 29 heavy (non-hydrogen) atoms. The second-order valence-corrected chi connectivity index (χ2v) is 8.74. The molecule has 4 aromatic rings. The van der Waals surface area contributed by atoms with E-state index in [0.717, 1.165) is 17.6 Å². The van der Waals surface area contributed by atoms with Crippen LogP contribution in [0.2, 0.25) is 0 Å². The van der Waals surface area contributed by atoms with Crippen molar-refractivity contribution in [1.82, 2.24) is 4.98 Å². The van der Waals surface area contributed by atoms with Gasteiger partial charge in [0.1, 0.15) is 0 Å². The van der Waals surface area contributed by atoms with Crippen molar-refractivity contribution in [3.05, 3.63) is 89.0 Å². The maximum absolute atomic E-state index is 5.04. The van der Waals surface area contributed by atoms with E-state index >= 15 is 0 Å². The number of nitrogens with zero attached hydrogens (tertiary/aromatic N) is 1. The van der Waals surface area contributed by atoms with Crippen molar-refractivity contribution in [2.75, 3.05) is 0 Å². The first-order valence-electron chi connectivity index (χ1n) is 10.5. The number of aryl methyl sites for hydroxylation is 3. The van der Waals surface area contributed by atoms with Crippen molar-refractivity contribution in [2.45, 2.75) is 41.0 Å². The van der Waals surface area contributed by atoms with Crippen LogP contribution in [0.15, 0.2) is 66.7 Å². The van der Waals surface area contributed by atoms with Crippen LogP contribution in [0, 0.1) is 26.7 Å². The average molecular weight is 380 g/mol. The van der Waals surface area contributed by atoms with Gasteiger partial charge in [-0.1, -0.05) is 66.9 Å². The zero-order valence-corrected chi connectivity index (χ0v) is 18.1. The van der Waals surface area contributed by atoms with Gasteiger partial charge in [0.2, 0.25) is 0 Å². The van der Waals surface area contributed by atoms with Gasteiger partial charge in [-0.15, -0.1) is 0 Å². The first kappa shape index (κ1) is 19.4. The summed E-state index contributed by atoms with van der Waals surface area (Å²) >= 11 is 0. The van der Waals surface area contributed by atoms with Crippen LogP contribution in [-0.2, 0) is 6.42 Å². The molecular weight excluding hydrogens is 350 g/mol. The van der Waals surface area contributed by atoms with Crippen LogP contribution in [-0.4, -0.2) is 4.98 Å². The molecule has 146 valence electrons. The molecule has 0 amide bonds. The second kappa shape index (κ2) is 7.83. The number of rotatable bonds is 4. The van der Waals surface area contributed by atoms with Crippen molar-refractivity contribution in [2.24, 2.45) is 5.92 Å². The Bertz CT molecular complexity index is 1150. The van der Waals surface area contributed by atoms with Crippen molar-refractivity contribution in [3.63, 3.8) is 0 Å². The lowest BCUT2D eigenvalue weighted by molar-refractivity contribution is 0.650. The fourth-order valence-electron chi connectivity index (χ4n) is 4.10. The summed E-state index contributed by atoms with van der Waals surface area (Å²) in [4.78, 5) is 5.04. The molecule has 0 saturated heterocycles. The Morgan fingerprint density at radius 2 is 1.31 bits per heavy atom. The van der Waals surface area contributed by atoms with Crippen LogP contribution in [0.5, 0.6) is 0 Å². The van der Waals surface area contributed by atoms with Crippen molar-refractivity contribution in [3.8, 4) is 22.4 Å². The first-order valence-corrected chi connectivity index (χ1v) is 10.5. The predicted octanol–water partition coefficient (Wildman–Crippen LogP) is 7.69. The average Bonchev–Trinajstić information content (AvgIpc) is 2.67. The maximum atomic E-state index is 5.04. The highest BCUT2D eigenvalue weighted by Gasteiger charge is 2.11. The Balaban J connectivity index is 1.89. The largest absolute Gasteiger partial charge is 0.248 e. The monoisotopic (exact) mass is 379 g/mol. The Morgan fingerprint density at radius 3 is 1.97 bits per heavy atom. The van der Waals surface area contributed by atoms with Gasteiger partial charge in [0.25, 0.3) is 0 Å². The molecule has 0 spiro atoms. The van der Waals surface area contributed by atoms with Crippen LogP contribution in [0.1, 0.15) is 36.1 Å². The molecule has 0 radical (unpaired) electrons. The predicted molar refractivity (Wildman–Crippen MR) is 125 cm³/mol. The van der Waals surface area contributed by atoms with E-state index in [1.165, 1.54) is 44.3 Å². The van der Waals surface area contributed by atoms with E-state index in [1.807, 2.05) is 0 Å². The lowest BCUT2D eigenvalue weighted by Crippen LogP contribution is -1.99. The van der Waals surface area contributed by atoms with Gasteiger partial charge in [0.05, 0.1) is 11.2 Å². The molecule has 0 saturated carbocycles. The number of benzene rings is 3. The molecule has 1 heterocycles. The molecule has 0 N–H and O–H groups in total. The SMILES string of the molecule is Cc1ccc(-c2ccc3nc(-c4cc(C)cc(C)c4)cc(CC(C)C)c3c2)cc1. The number of pyridine rings is 1. The molecule has 1 nitrogen and oxygen atoms in total. The Morgan fingerprint density at radius 1 is 0.655 bits per heavy atom. The smallest absolute Gasteiger partial charge is 0.0712 e. The molecule has 0 unspecified atom stereocenters. The van der Waals surface area contributed by atoms with Crippen LogP contribution >= 0.6 is 0 Å².